The van der Waals surface area contributed by atoms with Crippen molar-refractivity contribution >= 4 is 23.3 Å². The zero-order chi connectivity index (χ0) is 21.6. The molecule has 1 aliphatic carbocycles. The van der Waals surface area contributed by atoms with Crippen LogP contribution in [0.1, 0.15) is 43.4 Å². The molecule has 2 aromatic carbocycles. The number of rotatable bonds is 6. The topological polar surface area (TPSA) is 75.1 Å². The number of halogens is 1. The quantitative estimate of drug-likeness (QED) is 0.512. The lowest BCUT2D eigenvalue weighted by molar-refractivity contribution is -0.115. The van der Waals surface area contributed by atoms with Crippen LogP contribution in [0, 0.1) is 5.92 Å². The monoisotopic (exact) mass is 435 g/mol. The molecule has 1 aliphatic rings. The van der Waals surface area contributed by atoms with E-state index in [9.17, 15) is 9.90 Å². The third-order valence-electron chi connectivity index (χ3n) is 5.75. The lowest BCUT2D eigenvalue weighted by atomic mass is 9.86. The largest absolute Gasteiger partial charge is 0.508 e. The number of aromatic nitrogens is 2. The van der Waals surface area contributed by atoms with Crippen LogP contribution in [-0.2, 0) is 17.6 Å². The van der Waals surface area contributed by atoms with Crippen LogP contribution < -0.4 is 5.32 Å². The third-order valence-corrected chi connectivity index (χ3v) is 6.00. The van der Waals surface area contributed by atoms with Crippen LogP contribution in [0.15, 0.2) is 54.7 Å². The maximum absolute atomic E-state index is 12.7. The molecule has 2 N–H and O–H groups in total. The normalized spacial score (nSPS) is 14.4. The third kappa shape index (κ3) is 5.82. The zero-order valence-corrected chi connectivity index (χ0v) is 18.1. The Hall–Kier alpha value is -2.92. The van der Waals surface area contributed by atoms with Gasteiger partial charge in [-0.15, -0.1) is 0 Å². The van der Waals surface area contributed by atoms with Crippen molar-refractivity contribution < 1.29 is 9.90 Å². The number of benzene rings is 2. The van der Waals surface area contributed by atoms with E-state index in [4.69, 9.17) is 16.6 Å². The molecule has 0 radical (unpaired) electrons. The highest BCUT2D eigenvalue weighted by Crippen LogP contribution is 2.29. The average molecular weight is 436 g/mol. The minimum absolute atomic E-state index is 0.126. The maximum atomic E-state index is 12.7. The van der Waals surface area contributed by atoms with Gasteiger partial charge in [-0.1, -0.05) is 55.8 Å². The van der Waals surface area contributed by atoms with E-state index >= 15 is 0 Å². The van der Waals surface area contributed by atoms with Gasteiger partial charge in [0.15, 0.2) is 5.82 Å². The zero-order valence-electron chi connectivity index (χ0n) is 17.4. The molecule has 160 valence electrons. The van der Waals surface area contributed by atoms with Gasteiger partial charge in [-0.25, -0.2) is 9.97 Å². The Morgan fingerprint density at radius 2 is 1.74 bits per heavy atom. The Morgan fingerprint density at radius 3 is 2.45 bits per heavy atom. The first-order valence-electron chi connectivity index (χ1n) is 10.8. The van der Waals surface area contributed by atoms with Crippen LogP contribution in [-0.4, -0.2) is 21.0 Å². The van der Waals surface area contributed by atoms with Crippen LogP contribution in [0.5, 0.6) is 5.75 Å². The fourth-order valence-corrected chi connectivity index (χ4v) is 4.20. The summed E-state index contributed by atoms with van der Waals surface area (Å²) in [6.07, 6.45) is 8.88. The van der Waals surface area contributed by atoms with E-state index in [0.29, 0.717) is 16.8 Å². The Balaban J connectivity index is 1.56. The van der Waals surface area contributed by atoms with E-state index in [-0.39, 0.29) is 18.1 Å². The van der Waals surface area contributed by atoms with Gasteiger partial charge < -0.3 is 10.4 Å². The second kappa shape index (κ2) is 9.92. The minimum Gasteiger partial charge on any atom is -0.508 e. The molecule has 1 aromatic heterocycles. The van der Waals surface area contributed by atoms with Crippen LogP contribution in [0.2, 0.25) is 5.02 Å². The van der Waals surface area contributed by atoms with E-state index in [1.165, 1.54) is 32.1 Å². The fourth-order valence-electron chi connectivity index (χ4n) is 4.07. The molecule has 1 saturated carbocycles. The number of anilines is 1. The lowest BCUT2D eigenvalue weighted by Crippen LogP contribution is -2.19. The van der Waals surface area contributed by atoms with Gasteiger partial charge in [-0.3, -0.25) is 4.79 Å². The fraction of sp³-hybridized carbons (Fsp3) is 0.320. The number of aromatic hydroxyl groups is 1. The van der Waals surface area contributed by atoms with Gasteiger partial charge in [0.2, 0.25) is 5.91 Å². The first kappa shape index (κ1) is 21.3. The minimum atomic E-state index is -0.126. The first-order chi connectivity index (χ1) is 15.1. The molecule has 6 heteroatoms. The van der Waals surface area contributed by atoms with E-state index in [1.807, 2.05) is 24.3 Å². The molecule has 0 aliphatic heterocycles. The second-order valence-electron chi connectivity index (χ2n) is 8.16. The molecule has 0 bridgehead atoms. The summed E-state index contributed by atoms with van der Waals surface area (Å²) >= 11 is 5.93. The molecule has 5 nitrogen and oxygen atoms in total. The number of hydrogen-bond acceptors (Lipinski definition) is 4. The molecule has 4 rings (SSSR count). The Kier molecular flexibility index (Phi) is 6.82. The summed E-state index contributed by atoms with van der Waals surface area (Å²) in [6.45, 7) is 0. The predicted octanol–water partition coefficient (Wildman–Crippen LogP) is 5.81. The molecular formula is C25H26ClN3O2. The molecule has 31 heavy (non-hydrogen) atoms. The number of amides is 1. The van der Waals surface area contributed by atoms with Crippen molar-refractivity contribution in [1.82, 2.24) is 9.97 Å². The average Bonchev–Trinajstić information content (AvgIpc) is 2.78. The van der Waals surface area contributed by atoms with Gasteiger partial charge in [0.1, 0.15) is 5.75 Å². The summed E-state index contributed by atoms with van der Waals surface area (Å²) in [6, 6.07) is 14.2. The highest BCUT2D eigenvalue weighted by molar-refractivity contribution is 6.30. The van der Waals surface area contributed by atoms with Crippen molar-refractivity contribution in [1.29, 1.82) is 0 Å². The standard InChI is InChI=1S/C25H26ClN3O2/c26-20-10-6-18(7-11-20)15-24(31)29-25-22(14-17-4-2-1-3-5-17)28-23(16-27-25)19-8-12-21(30)13-9-19/h6-13,16-17,30H,1-5,14-15H2,(H,27,29,31). The number of nitrogens with zero attached hydrogens (tertiary/aromatic N) is 2. The van der Waals surface area contributed by atoms with Crippen molar-refractivity contribution in [2.24, 2.45) is 5.92 Å². The smallest absolute Gasteiger partial charge is 0.229 e. The number of nitrogens with one attached hydrogen (secondary N) is 1. The van der Waals surface area contributed by atoms with E-state index < -0.39 is 0 Å². The van der Waals surface area contributed by atoms with Gasteiger partial charge in [0, 0.05) is 10.6 Å². The predicted molar refractivity (Wildman–Crippen MR) is 123 cm³/mol. The number of phenolic OH excluding ortho intramolecular Hbond substituents is 1. The highest BCUT2D eigenvalue weighted by Gasteiger charge is 2.19. The number of phenols is 1. The number of carbonyl (C=O) groups is 1. The summed E-state index contributed by atoms with van der Waals surface area (Å²) in [5.74, 6) is 1.18. The SMILES string of the molecule is O=C(Cc1ccc(Cl)cc1)Nc1ncc(-c2ccc(O)cc2)nc1CC1CCCCC1. The van der Waals surface area contributed by atoms with Crippen molar-refractivity contribution in [2.75, 3.05) is 5.32 Å². The van der Waals surface area contributed by atoms with Crippen LogP contribution >= 0.6 is 11.6 Å². The molecule has 0 saturated heterocycles. The Bertz CT molecular complexity index is 1030. The van der Waals surface area contributed by atoms with Crippen molar-refractivity contribution in [3.63, 3.8) is 0 Å². The van der Waals surface area contributed by atoms with E-state index in [2.05, 4.69) is 10.3 Å². The summed E-state index contributed by atoms with van der Waals surface area (Å²) < 4.78 is 0. The summed E-state index contributed by atoms with van der Waals surface area (Å²) in [5.41, 5.74) is 3.34. The number of carbonyl (C=O) groups excluding carboxylic acids is 1. The molecular weight excluding hydrogens is 410 g/mol. The molecule has 0 spiro atoms. The van der Waals surface area contributed by atoms with E-state index in [0.717, 1.165) is 28.9 Å². The van der Waals surface area contributed by atoms with Crippen LogP contribution in [0.4, 0.5) is 5.82 Å². The second-order valence-corrected chi connectivity index (χ2v) is 8.59. The van der Waals surface area contributed by atoms with Crippen LogP contribution in [0.25, 0.3) is 11.3 Å². The first-order valence-corrected chi connectivity index (χ1v) is 11.1. The molecule has 1 heterocycles. The highest BCUT2D eigenvalue weighted by atomic mass is 35.5. The molecule has 0 atom stereocenters. The van der Waals surface area contributed by atoms with Gasteiger partial charge in [-0.2, -0.15) is 0 Å². The molecule has 0 unspecified atom stereocenters. The van der Waals surface area contributed by atoms with Crippen molar-refractivity contribution in [3.05, 3.63) is 71.0 Å². The van der Waals surface area contributed by atoms with Gasteiger partial charge >= 0.3 is 0 Å². The van der Waals surface area contributed by atoms with E-state index in [1.54, 1.807) is 30.5 Å². The Morgan fingerprint density at radius 1 is 1.03 bits per heavy atom. The van der Waals surface area contributed by atoms with Gasteiger partial charge in [0.05, 0.1) is 24.0 Å². The van der Waals surface area contributed by atoms with Crippen molar-refractivity contribution in [3.8, 4) is 17.0 Å². The van der Waals surface area contributed by atoms with Gasteiger partial charge in [0.25, 0.3) is 0 Å². The number of hydrogen-bond donors (Lipinski definition) is 2. The molecule has 1 amide bonds. The Labute approximate surface area is 187 Å². The molecule has 3 aromatic rings. The summed E-state index contributed by atoms with van der Waals surface area (Å²) in [7, 11) is 0. The van der Waals surface area contributed by atoms with Crippen molar-refractivity contribution in [2.45, 2.75) is 44.9 Å². The summed E-state index contributed by atoms with van der Waals surface area (Å²) in [5, 5.41) is 13.2. The van der Waals surface area contributed by atoms with Gasteiger partial charge in [-0.05, 0) is 54.3 Å². The van der Waals surface area contributed by atoms with Crippen LogP contribution in [0.3, 0.4) is 0 Å². The molecule has 1 fully saturated rings. The summed E-state index contributed by atoms with van der Waals surface area (Å²) in [4.78, 5) is 22.1. The lowest BCUT2D eigenvalue weighted by Gasteiger charge is -2.22. The maximum Gasteiger partial charge on any atom is 0.229 e.